The normalized spacial score (nSPS) is 14.1. The van der Waals surface area contributed by atoms with Crippen LogP contribution in [0.5, 0.6) is 11.5 Å². The number of nitrogens with zero attached hydrogens (tertiary/aromatic N) is 1. The molecule has 3 rings (SSSR count). The van der Waals surface area contributed by atoms with Gasteiger partial charge in [-0.15, -0.1) is 0 Å². The van der Waals surface area contributed by atoms with Crippen molar-refractivity contribution < 1.29 is 23.5 Å². The fraction of sp³-hybridized carbons (Fsp3) is 0.273. The van der Waals surface area contributed by atoms with Crippen LogP contribution in [-0.2, 0) is 9.59 Å². The van der Waals surface area contributed by atoms with E-state index >= 15 is 0 Å². The molecule has 1 aliphatic rings. The first-order valence-electron chi connectivity index (χ1n) is 9.21. The van der Waals surface area contributed by atoms with Gasteiger partial charge in [0.2, 0.25) is 0 Å². The van der Waals surface area contributed by atoms with E-state index < -0.39 is 17.6 Å². The lowest BCUT2D eigenvalue weighted by Crippen LogP contribution is -2.35. The summed E-state index contributed by atoms with van der Waals surface area (Å²) in [5, 5.41) is 2.94. The van der Waals surface area contributed by atoms with Crippen molar-refractivity contribution in [2.75, 3.05) is 26.1 Å². The Kier molecular flexibility index (Phi) is 5.87. The Morgan fingerprint density at radius 2 is 1.72 bits per heavy atom. The van der Waals surface area contributed by atoms with Crippen LogP contribution in [0.25, 0.3) is 5.57 Å². The van der Waals surface area contributed by atoms with Gasteiger partial charge in [-0.3, -0.25) is 14.5 Å². The predicted molar refractivity (Wildman–Crippen MR) is 108 cm³/mol. The molecule has 0 atom stereocenters. The Balaban J connectivity index is 2.11. The van der Waals surface area contributed by atoms with Crippen LogP contribution in [0.3, 0.4) is 0 Å². The number of hydrogen-bond donors (Lipinski definition) is 1. The van der Waals surface area contributed by atoms with Crippen LogP contribution >= 0.6 is 0 Å². The van der Waals surface area contributed by atoms with Gasteiger partial charge in [0.15, 0.2) is 11.5 Å². The van der Waals surface area contributed by atoms with Gasteiger partial charge in [0.25, 0.3) is 11.8 Å². The molecule has 0 fully saturated rings. The first-order valence-corrected chi connectivity index (χ1v) is 9.21. The molecule has 0 aliphatic carbocycles. The van der Waals surface area contributed by atoms with E-state index in [1.54, 1.807) is 24.3 Å². The topological polar surface area (TPSA) is 67.9 Å². The fourth-order valence-electron chi connectivity index (χ4n) is 3.19. The lowest BCUT2D eigenvalue weighted by Gasteiger charge is -2.17. The van der Waals surface area contributed by atoms with Crippen LogP contribution in [0, 0.1) is 11.7 Å². The molecule has 0 spiro atoms. The van der Waals surface area contributed by atoms with E-state index in [0.717, 1.165) is 0 Å². The van der Waals surface area contributed by atoms with E-state index in [1.165, 1.54) is 37.3 Å². The molecule has 1 aliphatic heterocycles. The third-order valence-electron chi connectivity index (χ3n) is 4.48. The first kappa shape index (κ1) is 20.4. The number of benzene rings is 2. The van der Waals surface area contributed by atoms with Crippen LogP contribution in [0.1, 0.15) is 19.4 Å². The van der Waals surface area contributed by atoms with Crippen molar-refractivity contribution in [2.45, 2.75) is 13.8 Å². The largest absolute Gasteiger partial charge is 0.493 e. The molecule has 2 aromatic carbocycles. The van der Waals surface area contributed by atoms with Gasteiger partial charge in [0.1, 0.15) is 11.5 Å². The van der Waals surface area contributed by atoms with Gasteiger partial charge in [0.05, 0.1) is 19.8 Å². The van der Waals surface area contributed by atoms with E-state index in [9.17, 15) is 14.0 Å². The molecule has 0 saturated carbocycles. The van der Waals surface area contributed by atoms with Gasteiger partial charge in [-0.1, -0.05) is 26.0 Å². The third kappa shape index (κ3) is 4.08. The van der Waals surface area contributed by atoms with E-state index in [0.29, 0.717) is 22.7 Å². The van der Waals surface area contributed by atoms with Gasteiger partial charge in [0, 0.05) is 12.2 Å². The second-order valence-corrected chi connectivity index (χ2v) is 7.07. The Morgan fingerprint density at radius 1 is 1.00 bits per heavy atom. The number of rotatable bonds is 7. The van der Waals surface area contributed by atoms with Crippen molar-refractivity contribution in [2.24, 2.45) is 5.92 Å². The third-order valence-corrected chi connectivity index (χ3v) is 4.48. The summed E-state index contributed by atoms with van der Waals surface area (Å²) in [6.45, 7) is 4.13. The lowest BCUT2D eigenvalue weighted by atomic mass is 10.0. The highest BCUT2D eigenvalue weighted by atomic mass is 19.1. The molecule has 6 nitrogen and oxygen atoms in total. The molecule has 29 heavy (non-hydrogen) atoms. The molecule has 1 heterocycles. The fourth-order valence-corrected chi connectivity index (χ4v) is 3.19. The van der Waals surface area contributed by atoms with Crippen molar-refractivity contribution in [3.8, 4) is 11.5 Å². The van der Waals surface area contributed by atoms with Crippen molar-refractivity contribution >= 4 is 23.1 Å². The Hall–Kier alpha value is -3.35. The maximum absolute atomic E-state index is 13.6. The molecule has 0 aromatic heterocycles. The van der Waals surface area contributed by atoms with Gasteiger partial charge in [-0.25, -0.2) is 4.39 Å². The number of hydrogen-bond acceptors (Lipinski definition) is 5. The van der Waals surface area contributed by atoms with E-state index in [-0.39, 0.29) is 23.7 Å². The molecule has 0 radical (unpaired) electrons. The smallest absolute Gasteiger partial charge is 0.278 e. The Morgan fingerprint density at radius 3 is 2.34 bits per heavy atom. The summed E-state index contributed by atoms with van der Waals surface area (Å²) in [6.07, 6.45) is 0. The minimum absolute atomic E-state index is 0.100. The van der Waals surface area contributed by atoms with Gasteiger partial charge >= 0.3 is 0 Å². The Labute approximate surface area is 168 Å². The van der Waals surface area contributed by atoms with Crippen molar-refractivity contribution in [3.05, 3.63) is 59.5 Å². The van der Waals surface area contributed by atoms with E-state index in [1.807, 2.05) is 13.8 Å². The number of methoxy groups -OCH3 is 2. The first-order chi connectivity index (χ1) is 13.8. The van der Waals surface area contributed by atoms with E-state index in [4.69, 9.17) is 9.47 Å². The number of imide groups is 1. The molecular weight excluding hydrogens is 375 g/mol. The highest BCUT2D eigenvalue weighted by Gasteiger charge is 2.39. The second-order valence-electron chi connectivity index (χ2n) is 7.07. The van der Waals surface area contributed by atoms with Crippen LogP contribution in [0.4, 0.5) is 10.1 Å². The summed E-state index contributed by atoms with van der Waals surface area (Å²) in [6, 6.07) is 10.7. The van der Waals surface area contributed by atoms with Crippen molar-refractivity contribution in [1.29, 1.82) is 0 Å². The summed E-state index contributed by atoms with van der Waals surface area (Å²) in [7, 11) is 3.01. The van der Waals surface area contributed by atoms with Crippen molar-refractivity contribution in [3.63, 3.8) is 0 Å². The van der Waals surface area contributed by atoms with Gasteiger partial charge in [-0.05, 0) is 41.8 Å². The minimum atomic E-state index is -0.447. The summed E-state index contributed by atoms with van der Waals surface area (Å²) in [4.78, 5) is 27.4. The highest BCUT2D eigenvalue weighted by Crippen LogP contribution is 2.36. The molecule has 152 valence electrons. The number of ether oxygens (including phenoxy) is 2. The number of anilines is 1. The second kappa shape index (κ2) is 8.34. The average Bonchev–Trinajstić information content (AvgIpc) is 2.91. The molecule has 0 bridgehead atoms. The molecule has 7 heteroatoms. The SMILES string of the molecule is COc1ccc(C2=C(Nc3cccc(F)c3)C(=O)N(CC(C)C)C2=O)cc1OC. The van der Waals surface area contributed by atoms with Crippen LogP contribution in [-0.4, -0.2) is 37.5 Å². The molecular formula is C22H23FN2O4. The molecule has 0 unspecified atom stereocenters. The van der Waals surface area contributed by atoms with Crippen LogP contribution in [0.15, 0.2) is 48.2 Å². The van der Waals surface area contributed by atoms with E-state index in [2.05, 4.69) is 5.32 Å². The predicted octanol–water partition coefficient (Wildman–Crippen LogP) is 3.69. The zero-order valence-corrected chi connectivity index (χ0v) is 16.8. The summed E-state index contributed by atoms with van der Waals surface area (Å²) in [5.41, 5.74) is 1.20. The molecule has 0 saturated heterocycles. The molecule has 1 N–H and O–H groups in total. The zero-order chi connectivity index (χ0) is 21.1. The summed E-state index contributed by atoms with van der Waals surface area (Å²) < 4.78 is 24.2. The number of amides is 2. The summed E-state index contributed by atoms with van der Waals surface area (Å²) >= 11 is 0. The lowest BCUT2D eigenvalue weighted by molar-refractivity contribution is -0.137. The maximum atomic E-state index is 13.6. The average molecular weight is 398 g/mol. The monoisotopic (exact) mass is 398 g/mol. The minimum Gasteiger partial charge on any atom is -0.493 e. The quantitative estimate of drug-likeness (QED) is 0.721. The Bertz CT molecular complexity index is 985. The van der Waals surface area contributed by atoms with Gasteiger partial charge in [-0.2, -0.15) is 0 Å². The molecule has 2 amide bonds. The van der Waals surface area contributed by atoms with Crippen LogP contribution < -0.4 is 14.8 Å². The summed E-state index contributed by atoms with van der Waals surface area (Å²) in [5.74, 6) is -0.257. The van der Waals surface area contributed by atoms with Crippen molar-refractivity contribution in [1.82, 2.24) is 4.90 Å². The number of carbonyl (C=O) groups excluding carboxylic acids is 2. The highest BCUT2D eigenvalue weighted by molar-refractivity contribution is 6.36. The number of nitrogens with one attached hydrogen (secondary N) is 1. The molecule has 2 aromatic rings. The van der Waals surface area contributed by atoms with Crippen LogP contribution in [0.2, 0.25) is 0 Å². The standard InChI is InChI=1S/C22H23FN2O4/c1-13(2)12-25-21(26)19(14-8-9-17(28-3)18(10-14)29-4)20(22(25)27)24-16-7-5-6-15(23)11-16/h5-11,13,24H,12H2,1-4H3. The zero-order valence-electron chi connectivity index (χ0n) is 16.8. The maximum Gasteiger partial charge on any atom is 0.278 e. The van der Waals surface area contributed by atoms with Gasteiger partial charge < -0.3 is 14.8 Å². The number of halogens is 1. The number of carbonyl (C=O) groups is 2.